The number of sulfonamides is 1. The SMILES string of the molecule is Nc1ncc(C2(CC3CC3)C=CC=C(S(N)(=O)=O)C2)nc1C(=O)c1cccnc1. The number of aromatic nitrogens is 3. The molecule has 1 saturated carbocycles. The topological polar surface area (TPSA) is 142 Å². The minimum Gasteiger partial charge on any atom is -0.382 e. The summed E-state index contributed by atoms with van der Waals surface area (Å²) in [6.07, 6.45) is 12.7. The fourth-order valence-electron chi connectivity index (χ4n) is 3.66. The van der Waals surface area contributed by atoms with E-state index in [9.17, 15) is 13.2 Å². The minimum atomic E-state index is -3.84. The van der Waals surface area contributed by atoms with E-state index < -0.39 is 15.4 Å². The molecule has 0 aliphatic heterocycles. The van der Waals surface area contributed by atoms with Crippen LogP contribution in [0.5, 0.6) is 0 Å². The maximum Gasteiger partial charge on any atom is 0.234 e. The van der Waals surface area contributed by atoms with E-state index >= 15 is 0 Å². The van der Waals surface area contributed by atoms with Crippen LogP contribution in [0.25, 0.3) is 0 Å². The number of ketones is 1. The van der Waals surface area contributed by atoms with E-state index in [4.69, 9.17) is 10.9 Å². The van der Waals surface area contributed by atoms with Crippen molar-refractivity contribution in [2.45, 2.75) is 31.1 Å². The van der Waals surface area contributed by atoms with E-state index in [0.717, 1.165) is 12.8 Å². The molecule has 0 aromatic carbocycles. The van der Waals surface area contributed by atoms with Gasteiger partial charge < -0.3 is 5.73 Å². The highest BCUT2D eigenvalue weighted by atomic mass is 32.2. The van der Waals surface area contributed by atoms with Gasteiger partial charge in [-0.2, -0.15) is 0 Å². The molecule has 0 amide bonds. The predicted molar refractivity (Wildman–Crippen MR) is 108 cm³/mol. The zero-order valence-corrected chi connectivity index (χ0v) is 16.5. The van der Waals surface area contributed by atoms with E-state index in [1.54, 1.807) is 24.4 Å². The van der Waals surface area contributed by atoms with Gasteiger partial charge in [-0.05, 0) is 37.0 Å². The molecule has 2 aromatic rings. The van der Waals surface area contributed by atoms with Crippen molar-refractivity contribution >= 4 is 21.6 Å². The standard InChI is InChI=1S/C20H21N5O3S/c21-19-17(18(26)14-3-2-8-23-11-14)25-16(12-24-19)20(9-13-5-6-13)7-1-4-15(10-20)29(22,27)28/h1-4,7-8,11-13H,5-6,9-10H2,(H2,21,24)(H2,22,27,28). The summed E-state index contributed by atoms with van der Waals surface area (Å²) < 4.78 is 24.0. The van der Waals surface area contributed by atoms with Crippen LogP contribution >= 0.6 is 0 Å². The van der Waals surface area contributed by atoms with Crippen LogP contribution in [0.3, 0.4) is 0 Å². The van der Waals surface area contributed by atoms with E-state index in [1.807, 2.05) is 6.08 Å². The molecule has 1 atom stereocenters. The van der Waals surface area contributed by atoms with Crippen LogP contribution in [0, 0.1) is 5.92 Å². The van der Waals surface area contributed by atoms with Crippen LogP contribution in [0.15, 0.2) is 53.9 Å². The van der Waals surface area contributed by atoms with Gasteiger partial charge in [0, 0.05) is 23.4 Å². The number of rotatable bonds is 6. The lowest BCUT2D eigenvalue weighted by Gasteiger charge is -2.33. The molecule has 29 heavy (non-hydrogen) atoms. The van der Waals surface area contributed by atoms with Crippen LogP contribution < -0.4 is 10.9 Å². The smallest absolute Gasteiger partial charge is 0.234 e. The number of carbonyl (C=O) groups is 1. The van der Waals surface area contributed by atoms with Gasteiger partial charge in [0.2, 0.25) is 15.8 Å². The number of hydrogen-bond donors (Lipinski definition) is 2. The van der Waals surface area contributed by atoms with Gasteiger partial charge in [0.25, 0.3) is 0 Å². The van der Waals surface area contributed by atoms with Gasteiger partial charge in [-0.15, -0.1) is 0 Å². The second kappa shape index (κ2) is 7.16. The van der Waals surface area contributed by atoms with Crippen molar-refractivity contribution in [2.75, 3.05) is 5.73 Å². The lowest BCUT2D eigenvalue weighted by Crippen LogP contribution is -2.32. The second-order valence-corrected chi connectivity index (χ2v) is 9.19. The molecule has 0 saturated heterocycles. The largest absolute Gasteiger partial charge is 0.382 e. The third kappa shape index (κ3) is 3.96. The number of hydrogen-bond acceptors (Lipinski definition) is 7. The van der Waals surface area contributed by atoms with Gasteiger partial charge in [0.05, 0.1) is 16.8 Å². The Morgan fingerprint density at radius 1 is 1.28 bits per heavy atom. The maximum atomic E-state index is 12.9. The van der Waals surface area contributed by atoms with Gasteiger partial charge in [0.15, 0.2) is 11.5 Å². The first kappa shape index (κ1) is 19.4. The van der Waals surface area contributed by atoms with Crippen molar-refractivity contribution in [3.63, 3.8) is 0 Å². The summed E-state index contributed by atoms with van der Waals surface area (Å²) in [6.45, 7) is 0. The fraction of sp³-hybridized carbons (Fsp3) is 0.300. The number of nitrogen functional groups attached to an aromatic ring is 1. The number of primary sulfonamides is 1. The summed E-state index contributed by atoms with van der Waals surface area (Å²) >= 11 is 0. The molecule has 2 heterocycles. The molecular formula is C20H21N5O3S. The lowest BCUT2D eigenvalue weighted by molar-refractivity contribution is 0.103. The summed E-state index contributed by atoms with van der Waals surface area (Å²) in [5, 5.41) is 5.39. The number of anilines is 1. The first-order valence-electron chi connectivity index (χ1n) is 9.27. The quantitative estimate of drug-likeness (QED) is 0.691. The first-order chi connectivity index (χ1) is 13.8. The summed E-state index contributed by atoms with van der Waals surface area (Å²) in [4.78, 5) is 25.8. The zero-order chi connectivity index (χ0) is 20.6. The Balaban J connectivity index is 1.78. The van der Waals surface area contributed by atoms with Gasteiger partial charge in [0.1, 0.15) is 0 Å². The number of allylic oxidation sites excluding steroid dienone is 4. The molecular weight excluding hydrogens is 390 g/mol. The van der Waals surface area contributed by atoms with E-state index in [2.05, 4.69) is 15.0 Å². The Morgan fingerprint density at radius 3 is 2.72 bits per heavy atom. The molecule has 150 valence electrons. The van der Waals surface area contributed by atoms with Crippen LogP contribution in [0.2, 0.25) is 0 Å². The second-order valence-electron chi connectivity index (χ2n) is 7.58. The average Bonchev–Trinajstić information content (AvgIpc) is 3.52. The number of carbonyl (C=O) groups excluding carboxylic acids is 1. The van der Waals surface area contributed by atoms with Gasteiger partial charge >= 0.3 is 0 Å². The van der Waals surface area contributed by atoms with Crippen LogP contribution in [0.1, 0.15) is 47.4 Å². The molecule has 4 N–H and O–H groups in total. The molecule has 0 spiro atoms. The highest BCUT2D eigenvalue weighted by molar-refractivity contribution is 7.93. The predicted octanol–water partition coefficient (Wildman–Crippen LogP) is 1.85. The molecule has 0 radical (unpaired) electrons. The molecule has 8 nitrogen and oxygen atoms in total. The molecule has 2 aliphatic carbocycles. The summed E-state index contributed by atoms with van der Waals surface area (Å²) in [6, 6.07) is 3.29. The van der Waals surface area contributed by atoms with E-state index in [1.165, 1.54) is 18.5 Å². The number of nitrogens with zero attached hydrogens (tertiary/aromatic N) is 3. The summed E-state index contributed by atoms with van der Waals surface area (Å²) in [7, 11) is -3.84. The Kier molecular flexibility index (Phi) is 4.79. The van der Waals surface area contributed by atoms with Crippen molar-refractivity contribution < 1.29 is 13.2 Å². The molecule has 2 aliphatic rings. The monoisotopic (exact) mass is 411 g/mol. The highest BCUT2D eigenvalue weighted by Gasteiger charge is 2.41. The number of pyridine rings is 1. The van der Waals surface area contributed by atoms with E-state index in [0.29, 0.717) is 23.6 Å². The van der Waals surface area contributed by atoms with Crippen molar-refractivity contribution in [3.05, 3.63) is 70.8 Å². The third-order valence-corrected chi connectivity index (χ3v) is 6.36. The minimum absolute atomic E-state index is 0.0196. The Hall–Kier alpha value is -2.91. The summed E-state index contributed by atoms with van der Waals surface area (Å²) in [5.74, 6) is 0.107. The highest BCUT2D eigenvalue weighted by Crippen LogP contribution is 2.47. The Morgan fingerprint density at radius 2 is 2.07 bits per heavy atom. The Labute approximate surface area is 168 Å². The van der Waals surface area contributed by atoms with Crippen molar-refractivity contribution in [1.82, 2.24) is 15.0 Å². The fourth-order valence-corrected chi connectivity index (χ4v) is 4.39. The van der Waals surface area contributed by atoms with Crippen LogP contribution in [0.4, 0.5) is 5.82 Å². The summed E-state index contributed by atoms with van der Waals surface area (Å²) in [5.41, 5.74) is 6.14. The van der Waals surface area contributed by atoms with Gasteiger partial charge in [-0.25, -0.2) is 23.5 Å². The molecule has 2 aromatic heterocycles. The number of nitrogens with two attached hydrogens (primary N) is 2. The first-order valence-corrected chi connectivity index (χ1v) is 10.8. The van der Waals surface area contributed by atoms with E-state index in [-0.39, 0.29) is 28.6 Å². The zero-order valence-electron chi connectivity index (χ0n) is 15.7. The van der Waals surface area contributed by atoms with Crippen LogP contribution in [-0.2, 0) is 15.4 Å². The van der Waals surface area contributed by atoms with Crippen molar-refractivity contribution in [3.8, 4) is 0 Å². The molecule has 0 bridgehead atoms. The third-order valence-electron chi connectivity index (χ3n) is 5.35. The normalized spacial score (nSPS) is 21.6. The molecule has 4 rings (SSSR count). The van der Waals surface area contributed by atoms with Crippen molar-refractivity contribution in [2.24, 2.45) is 11.1 Å². The average molecular weight is 411 g/mol. The molecule has 1 fully saturated rings. The van der Waals surface area contributed by atoms with Gasteiger partial charge in [-0.1, -0.05) is 25.0 Å². The lowest BCUT2D eigenvalue weighted by atomic mass is 9.74. The molecule has 9 heteroatoms. The van der Waals surface area contributed by atoms with Crippen molar-refractivity contribution in [1.29, 1.82) is 0 Å². The maximum absolute atomic E-state index is 12.9. The van der Waals surface area contributed by atoms with Crippen LogP contribution in [-0.4, -0.2) is 29.2 Å². The molecule has 1 unspecified atom stereocenters. The van der Waals surface area contributed by atoms with Gasteiger partial charge in [-0.3, -0.25) is 9.78 Å². The Bertz CT molecular complexity index is 1120.